The number of H-pyrrole nitrogens is 1. The summed E-state index contributed by atoms with van der Waals surface area (Å²) in [5.41, 5.74) is 7.25. The monoisotopic (exact) mass is 244 g/mol. The van der Waals surface area contributed by atoms with E-state index in [0.717, 1.165) is 11.4 Å². The number of nitrogens with two attached hydrogens (primary N) is 1. The van der Waals surface area contributed by atoms with E-state index >= 15 is 0 Å². The Morgan fingerprint density at radius 2 is 2.33 bits per heavy atom. The minimum atomic E-state index is -0.00726. The number of nitrogens with one attached hydrogen (secondary N) is 2. The molecule has 0 aliphatic heterocycles. The summed E-state index contributed by atoms with van der Waals surface area (Å²) in [4.78, 5) is 18.7. The molecule has 0 saturated carbocycles. The number of aromatic amines is 1. The molecule has 0 unspecified atom stereocenters. The second-order valence-corrected chi connectivity index (χ2v) is 4.06. The Balaban J connectivity index is 1.75. The molecule has 0 bridgehead atoms. The average Bonchev–Trinajstić information content (AvgIpc) is 2.82. The zero-order chi connectivity index (χ0) is 12.8. The number of carbonyl (C=O) groups is 1. The number of amides is 1. The number of benzene rings is 1. The van der Waals surface area contributed by atoms with Crippen molar-refractivity contribution in [3.63, 3.8) is 0 Å². The normalized spacial score (nSPS) is 10.2. The molecule has 5 heteroatoms. The van der Waals surface area contributed by atoms with Gasteiger partial charge in [0.05, 0.1) is 6.42 Å². The number of nitrogen functional groups attached to an aromatic ring is 1. The van der Waals surface area contributed by atoms with Crippen molar-refractivity contribution < 1.29 is 4.79 Å². The number of hydrogen-bond donors (Lipinski definition) is 3. The molecule has 1 aromatic carbocycles. The first-order valence-electron chi connectivity index (χ1n) is 5.83. The molecule has 2 aromatic rings. The molecule has 0 saturated heterocycles. The number of nitrogens with zero attached hydrogens (tertiary/aromatic N) is 1. The van der Waals surface area contributed by atoms with Crippen molar-refractivity contribution in [2.75, 3.05) is 12.3 Å². The van der Waals surface area contributed by atoms with Crippen LogP contribution in [0.15, 0.2) is 36.7 Å². The topological polar surface area (TPSA) is 83.8 Å². The molecular formula is C13H16N4O. The van der Waals surface area contributed by atoms with Gasteiger partial charge in [0.2, 0.25) is 5.91 Å². The van der Waals surface area contributed by atoms with Crippen LogP contribution in [0, 0.1) is 0 Å². The summed E-state index contributed by atoms with van der Waals surface area (Å²) in [7, 11) is 0. The highest BCUT2D eigenvalue weighted by Crippen LogP contribution is 2.06. The van der Waals surface area contributed by atoms with E-state index in [-0.39, 0.29) is 5.91 Å². The van der Waals surface area contributed by atoms with Crippen LogP contribution in [0.5, 0.6) is 0 Å². The molecule has 0 fully saturated rings. The van der Waals surface area contributed by atoms with Gasteiger partial charge in [0.25, 0.3) is 0 Å². The third-order valence-corrected chi connectivity index (χ3v) is 2.55. The fraction of sp³-hybridized carbons (Fsp3) is 0.231. The van der Waals surface area contributed by atoms with Gasteiger partial charge in [-0.15, -0.1) is 0 Å². The van der Waals surface area contributed by atoms with Gasteiger partial charge in [0.15, 0.2) is 0 Å². The van der Waals surface area contributed by atoms with Crippen LogP contribution in [0.25, 0.3) is 0 Å². The summed E-state index contributed by atoms with van der Waals surface area (Å²) >= 11 is 0. The van der Waals surface area contributed by atoms with Crippen LogP contribution < -0.4 is 11.1 Å². The number of imidazole rings is 1. The van der Waals surface area contributed by atoms with Crippen molar-refractivity contribution in [2.24, 2.45) is 0 Å². The minimum Gasteiger partial charge on any atom is -0.399 e. The number of hydrogen-bond acceptors (Lipinski definition) is 3. The first kappa shape index (κ1) is 12.2. The molecule has 1 amide bonds. The van der Waals surface area contributed by atoms with Crippen molar-refractivity contribution in [3.05, 3.63) is 48.0 Å². The molecule has 0 aliphatic carbocycles. The van der Waals surface area contributed by atoms with E-state index in [1.807, 2.05) is 18.2 Å². The summed E-state index contributed by atoms with van der Waals surface area (Å²) in [5, 5.41) is 2.85. The lowest BCUT2D eigenvalue weighted by Crippen LogP contribution is -2.27. The van der Waals surface area contributed by atoms with E-state index in [0.29, 0.717) is 25.1 Å². The summed E-state index contributed by atoms with van der Waals surface area (Å²) in [6.45, 7) is 0.578. The van der Waals surface area contributed by atoms with Crippen LogP contribution in [0.2, 0.25) is 0 Å². The van der Waals surface area contributed by atoms with Crippen LogP contribution in [0.1, 0.15) is 11.4 Å². The fourth-order valence-corrected chi connectivity index (χ4v) is 1.71. The Hall–Kier alpha value is -2.30. The standard InChI is InChI=1S/C13H16N4O/c14-11-3-1-2-10(8-11)9-13(18)17-5-4-12-15-6-7-16-12/h1-3,6-8H,4-5,9,14H2,(H,15,16)(H,17,18). The van der Waals surface area contributed by atoms with Crippen molar-refractivity contribution >= 4 is 11.6 Å². The molecule has 1 aromatic heterocycles. The first-order valence-corrected chi connectivity index (χ1v) is 5.83. The van der Waals surface area contributed by atoms with Crippen molar-refractivity contribution in [3.8, 4) is 0 Å². The van der Waals surface area contributed by atoms with E-state index < -0.39 is 0 Å². The van der Waals surface area contributed by atoms with Crippen LogP contribution in [-0.4, -0.2) is 22.4 Å². The maximum absolute atomic E-state index is 11.7. The van der Waals surface area contributed by atoms with Gasteiger partial charge in [0.1, 0.15) is 5.82 Å². The van der Waals surface area contributed by atoms with E-state index in [4.69, 9.17) is 5.73 Å². The number of aromatic nitrogens is 2. The van der Waals surface area contributed by atoms with Crippen molar-refractivity contribution in [1.82, 2.24) is 15.3 Å². The highest BCUT2D eigenvalue weighted by Gasteiger charge is 2.03. The zero-order valence-electron chi connectivity index (χ0n) is 10.0. The SMILES string of the molecule is Nc1cccc(CC(=O)NCCc2ncc[nH]2)c1. The third-order valence-electron chi connectivity index (χ3n) is 2.55. The van der Waals surface area contributed by atoms with Gasteiger partial charge in [-0.25, -0.2) is 4.98 Å². The smallest absolute Gasteiger partial charge is 0.224 e. The van der Waals surface area contributed by atoms with Crippen LogP contribution in [-0.2, 0) is 17.6 Å². The molecule has 4 N–H and O–H groups in total. The molecule has 2 rings (SSSR count). The fourth-order valence-electron chi connectivity index (χ4n) is 1.71. The zero-order valence-corrected chi connectivity index (χ0v) is 10.0. The average molecular weight is 244 g/mol. The molecule has 5 nitrogen and oxygen atoms in total. The predicted molar refractivity (Wildman–Crippen MR) is 69.9 cm³/mol. The summed E-state index contributed by atoms with van der Waals surface area (Å²) < 4.78 is 0. The lowest BCUT2D eigenvalue weighted by atomic mass is 10.1. The number of rotatable bonds is 5. The van der Waals surface area contributed by atoms with Crippen LogP contribution in [0.4, 0.5) is 5.69 Å². The van der Waals surface area contributed by atoms with Gasteiger partial charge in [0, 0.05) is 31.0 Å². The molecule has 0 radical (unpaired) electrons. The van der Waals surface area contributed by atoms with E-state index in [1.165, 1.54) is 0 Å². The minimum absolute atomic E-state index is 0.00726. The predicted octanol–water partition coefficient (Wildman–Crippen LogP) is 0.893. The summed E-state index contributed by atoms with van der Waals surface area (Å²) in [5.74, 6) is 0.867. The molecule has 0 atom stereocenters. The van der Waals surface area contributed by atoms with Gasteiger partial charge in [-0.05, 0) is 17.7 Å². The second kappa shape index (κ2) is 5.86. The third kappa shape index (κ3) is 3.62. The van der Waals surface area contributed by atoms with Crippen LogP contribution in [0.3, 0.4) is 0 Å². The summed E-state index contributed by atoms with van der Waals surface area (Å²) in [6.07, 6.45) is 4.52. The Morgan fingerprint density at radius 3 is 3.06 bits per heavy atom. The van der Waals surface area contributed by atoms with Crippen molar-refractivity contribution in [1.29, 1.82) is 0 Å². The number of carbonyl (C=O) groups excluding carboxylic acids is 1. The molecule has 94 valence electrons. The molecule has 18 heavy (non-hydrogen) atoms. The lowest BCUT2D eigenvalue weighted by molar-refractivity contribution is -0.120. The maximum Gasteiger partial charge on any atom is 0.224 e. The highest BCUT2D eigenvalue weighted by molar-refractivity contribution is 5.78. The van der Waals surface area contributed by atoms with Gasteiger partial charge >= 0.3 is 0 Å². The van der Waals surface area contributed by atoms with E-state index in [2.05, 4.69) is 15.3 Å². The Labute approximate surface area is 105 Å². The Morgan fingerprint density at radius 1 is 1.44 bits per heavy atom. The Kier molecular flexibility index (Phi) is 3.96. The van der Waals surface area contributed by atoms with Gasteiger partial charge < -0.3 is 16.0 Å². The molecular weight excluding hydrogens is 228 g/mol. The highest BCUT2D eigenvalue weighted by atomic mass is 16.1. The van der Waals surface area contributed by atoms with Crippen molar-refractivity contribution in [2.45, 2.75) is 12.8 Å². The Bertz CT molecular complexity index is 507. The molecule has 0 aliphatic rings. The van der Waals surface area contributed by atoms with Gasteiger partial charge in [-0.3, -0.25) is 4.79 Å². The second-order valence-electron chi connectivity index (χ2n) is 4.06. The van der Waals surface area contributed by atoms with Gasteiger partial charge in [-0.2, -0.15) is 0 Å². The molecule has 1 heterocycles. The lowest BCUT2D eigenvalue weighted by Gasteiger charge is -2.04. The van der Waals surface area contributed by atoms with Crippen LogP contribution >= 0.6 is 0 Å². The quantitative estimate of drug-likeness (QED) is 0.683. The summed E-state index contributed by atoms with van der Waals surface area (Å²) in [6, 6.07) is 7.35. The molecule has 0 spiro atoms. The number of anilines is 1. The largest absolute Gasteiger partial charge is 0.399 e. The van der Waals surface area contributed by atoms with Gasteiger partial charge in [-0.1, -0.05) is 12.1 Å². The van der Waals surface area contributed by atoms with E-state index in [1.54, 1.807) is 18.5 Å². The van der Waals surface area contributed by atoms with E-state index in [9.17, 15) is 4.79 Å². The first-order chi connectivity index (χ1) is 8.74. The maximum atomic E-state index is 11.7.